The van der Waals surface area contributed by atoms with Gasteiger partial charge < -0.3 is 0 Å². The van der Waals surface area contributed by atoms with Gasteiger partial charge in [0.25, 0.3) is 0 Å². The molecule has 2 aromatic rings. The molecule has 0 amide bonds. The highest BCUT2D eigenvalue weighted by molar-refractivity contribution is 8.32. The Balaban J connectivity index is 2.44. The molecule has 78 valence electrons. The predicted octanol–water partition coefficient (Wildman–Crippen LogP) is 4.17. The predicted molar refractivity (Wildman–Crippen MR) is 68.9 cm³/mol. The minimum atomic E-state index is -0.839. The molecule has 0 spiro atoms. The standard InChI is InChI=1S/C14H16S/c1-15(2,13-9-5-3-6-10-13)14-11-7-4-8-12-14/h3-12H,1-2H3. The van der Waals surface area contributed by atoms with E-state index in [4.69, 9.17) is 0 Å². The monoisotopic (exact) mass is 216 g/mol. The van der Waals surface area contributed by atoms with E-state index in [2.05, 4.69) is 73.2 Å². The Kier molecular flexibility index (Phi) is 2.83. The summed E-state index contributed by atoms with van der Waals surface area (Å²) in [4.78, 5) is 2.88. The molecule has 2 rings (SSSR count). The third kappa shape index (κ3) is 2.07. The second-order valence-corrected chi connectivity index (χ2v) is 7.55. The van der Waals surface area contributed by atoms with Crippen molar-refractivity contribution in [2.75, 3.05) is 12.5 Å². The summed E-state index contributed by atoms with van der Waals surface area (Å²) in [6.07, 6.45) is 4.69. The summed E-state index contributed by atoms with van der Waals surface area (Å²) in [5, 5.41) is 0. The molecule has 0 radical (unpaired) electrons. The van der Waals surface area contributed by atoms with Crippen LogP contribution in [0.3, 0.4) is 0 Å². The summed E-state index contributed by atoms with van der Waals surface area (Å²) in [7, 11) is -0.839. The van der Waals surface area contributed by atoms with E-state index >= 15 is 0 Å². The van der Waals surface area contributed by atoms with Crippen molar-refractivity contribution in [3.8, 4) is 0 Å². The Morgan fingerprint density at radius 2 is 0.933 bits per heavy atom. The van der Waals surface area contributed by atoms with Crippen LogP contribution in [0.2, 0.25) is 0 Å². The molecular weight excluding hydrogens is 200 g/mol. The lowest BCUT2D eigenvalue weighted by molar-refractivity contribution is 1.36. The first-order valence-electron chi connectivity index (χ1n) is 5.05. The van der Waals surface area contributed by atoms with Crippen LogP contribution < -0.4 is 0 Å². The van der Waals surface area contributed by atoms with E-state index < -0.39 is 10.0 Å². The van der Waals surface area contributed by atoms with E-state index in [9.17, 15) is 0 Å². The van der Waals surface area contributed by atoms with Gasteiger partial charge in [0.1, 0.15) is 0 Å². The van der Waals surface area contributed by atoms with E-state index in [0.29, 0.717) is 0 Å². The van der Waals surface area contributed by atoms with Crippen molar-refractivity contribution in [2.45, 2.75) is 9.79 Å². The SMILES string of the molecule is CS(C)(c1ccccc1)c1ccccc1. The normalized spacial score (nSPS) is 12.4. The molecule has 0 N–H and O–H groups in total. The third-order valence-corrected chi connectivity index (χ3v) is 5.57. The van der Waals surface area contributed by atoms with Gasteiger partial charge in [0.15, 0.2) is 0 Å². The minimum absolute atomic E-state index is 0.839. The fourth-order valence-corrected chi connectivity index (χ4v) is 3.60. The van der Waals surface area contributed by atoms with Gasteiger partial charge in [-0.3, -0.25) is 0 Å². The number of hydrogen-bond donors (Lipinski definition) is 0. The zero-order valence-corrected chi connectivity index (χ0v) is 10.00. The molecule has 0 aliphatic heterocycles. The molecule has 0 atom stereocenters. The van der Waals surface area contributed by atoms with Gasteiger partial charge in [-0.05, 0) is 46.6 Å². The molecule has 0 aromatic heterocycles. The highest BCUT2D eigenvalue weighted by Gasteiger charge is 2.15. The smallest absolute Gasteiger partial charge is 0.00641 e. The Hall–Kier alpha value is -1.21. The van der Waals surface area contributed by atoms with Crippen LogP contribution in [0.1, 0.15) is 0 Å². The van der Waals surface area contributed by atoms with Crippen LogP contribution in [0, 0.1) is 0 Å². The van der Waals surface area contributed by atoms with Crippen LogP contribution in [-0.2, 0) is 0 Å². The maximum Gasteiger partial charge on any atom is -0.00641 e. The highest BCUT2D eigenvalue weighted by Crippen LogP contribution is 2.55. The van der Waals surface area contributed by atoms with Gasteiger partial charge in [-0.15, -0.1) is 0 Å². The van der Waals surface area contributed by atoms with Crippen molar-refractivity contribution >= 4 is 10.0 Å². The van der Waals surface area contributed by atoms with E-state index in [1.54, 1.807) is 0 Å². The molecule has 0 aliphatic rings. The molecule has 1 heteroatoms. The number of benzene rings is 2. The van der Waals surface area contributed by atoms with Gasteiger partial charge >= 0.3 is 0 Å². The lowest BCUT2D eigenvalue weighted by Crippen LogP contribution is -1.96. The fourth-order valence-electron chi connectivity index (χ4n) is 1.66. The zero-order chi connectivity index (χ0) is 10.7. The summed E-state index contributed by atoms with van der Waals surface area (Å²) in [5.41, 5.74) is 0. The fraction of sp³-hybridized carbons (Fsp3) is 0.143. The van der Waals surface area contributed by atoms with Crippen LogP contribution in [0.5, 0.6) is 0 Å². The topological polar surface area (TPSA) is 0 Å². The largest absolute Gasteiger partial charge is 0.194 e. The molecule has 2 aromatic carbocycles. The molecule has 0 saturated heterocycles. The first-order chi connectivity index (χ1) is 7.21. The molecule has 0 nitrogen and oxygen atoms in total. The first-order valence-corrected chi connectivity index (χ1v) is 7.50. The summed E-state index contributed by atoms with van der Waals surface area (Å²) >= 11 is 0. The number of rotatable bonds is 2. The van der Waals surface area contributed by atoms with Crippen molar-refractivity contribution in [3.05, 3.63) is 60.7 Å². The summed E-state index contributed by atoms with van der Waals surface area (Å²) in [6, 6.07) is 21.5. The second-order valence-electron chi connectivity index (χ2n) is 3.95. The van der Waals surface area contributed by atoms with Gasteiger partial charge in [0, 0.05) is 0 Å². The Morgan fingerprint density at radius 3 is 1.27 bits per heavy atom. The molecule has 0 saturated carbocycles. The van der Waals surface area contributed by atoms with Crippen LogP contribution in [0.15, 0.2) is 70.5 Å². The average molecular weight is 216 g/mol. The second kappa shape index (κ2) is 4.11. The maximum absolute atomic E-state index is 2.34. The molecular formula is C14H16S. The minimum Gasteiger partial charge on any atom is -0.194 e. The van der Waals surface area contributed by atoms with Crippen molar-refractivity contribution in [1.29, 1.82) is 0 Å². The lowest BCUT2D eigenvalue weighted by Gasteiger charge is -2.32. The molecule has 0 aliphatic carbocycles. The van der Waals surface area contributed by atoms with Gasteiger partial charge in [0.05, 0.1) is 0 Å². The van der Waals surface area contributed by atoms with Gasteiger partial charge in [-0.2, -0.15) is 10.0 Å². The molecule has 0 bridgehead atoms. The van der Waals surface area contributed by atoms with Crippen LogP contribution in [0.25, 0.3) is 0 Å². The lowest BCUT2D eigenvalue weighted by atomic mass is 10.4. The highest BCUT2D eigenvalue weighted by atomic mass is 32.3. The number of hydrogen-bond acceptors (Lipinski definition) is 0. The molecule has 0 heterocycles. The molecule has 0 fully saturated rings. The van der Waals surface area contributed by atoms with Crippen LogP contribution in [-0.4, -0.2) is 12.5 Å². The maximum atomic E-state index is 2.34. The quantitative estimate of drug-likeness (QED) is 0.707. The zero-order valence-electron chi connectivity index (χ0n) is 9.18. The van der Waals surface area contributed by atoms with Crippen LogP contribution >= 0.6 is 10.0 Å². The summed E-state index contributed by atoms with van der Waals surface area (Å²) in [5.74, 6) is 0. The Labute approximate surface area is 93.3 Å². The Bertz CT molecular complexity index is 376. The van der Waals surface area contributed by atoms with Crippen molar-refractivity contribution in [3.63, 3.8) is 0 Å². The third-order valence-electron chi connectivity index (χ3n) is 2.66. The first kappa shape index (κ1) is 10.3. The van der Waals surface area contributed by atoms with Gasteiger partial charge in [-0.1, -0.05) is 36.4 Å². The van der Waals surface area contributed by atoms with Gasteiger partial charge in [-0.25, -0.2) is 0 Å². The van der Waals surface area contributed by atoms with Crippen LogP contribution in [0.4, 0.5) is 0 Å². The van der Waals surface area contributed by atoms with Crippen molar-refractivity contribution < 1.29 is 0 Å². The van der Waals surface area contributed by atoms with E-state index in [1.165, 1.54) is 9.79 Å². The molecule has 15 heavy (non-hydrogen) atoms. The van der Waals surface area contributed by atoms with Gasteiger partial charge in [0.2, 0.25) is 0 Å². The summed E-state index contributed by atoms with van der Waals surface area (Å²) in [6.45, 7) is 0. The van der Waals surface area contributed by atoms with E-state index in [0.717, 1.165) is 0 Å². The summed E-state index contributed by atoms with van der Waals surface area (Å²) < 4.78 is 0. The van der Waals surface area contributed by atoms with E-state index in [-0.39, 0.29) is 0 Å². The van der Waals surface area contributed by atoms with Crippen molar-refractivity contribution in [1.82, 2.24) is 0 Å². The van der Waals surface area contributed by atoms with E-state index in [1.807, 2.05) is 0 Å². The average Bonchev–Trinajstić information content (AvgIpc) is 2.31. The molecule has 0 unspecified atom stereocenters. The van der Waals surface area contributed by atoms with Crippen molar-refractivity contribution in [2.24, 2.45) is 0 Å². The Morgan fingerprint density at radius 1 is 0.600 bits per heavy atom.